The second-order valence-electron chi connectivity index (χ2n) is 6.16. The van der Waals surface area contributed by atoms with Crippen LogP contribution in [-0.2, 0) is 11.2 Å². The van der Waals surface area contributed by atoms with Gasteiger partial charge < -0.3 is 4.90 Å². The van der Waals surface area contributed by atoms with Gasteiger partial charge in [0.1, 0.15) is 0 Å². The number of carbonyl (C=O) groups is 1. The molecule has 6 heteroatoms. The van der Waals surface area contributed by atoms with Crippen LogP contribution in [0.25, 0.3) is 16.2 Å². The van der Waals surface area contributed by atoms with Crippen LogP contribution in [0.5, 0.6) is 0 Å². The van der Waals surface area contributed by atoms with E-state index in [2.05, 4.69) is 11.1 Å². The van der Waals surface area contributed by atoms with E-state index in [0.717, 1.165) is 21.9 Å². The van der Waals surface area contributed by atoms with Crippen LogP contribution in [0, 0.1) is 11.3 Å². The van der Waals surface area contributed by atoms with Crippen LogP contribution in [0.1, 0.15) is 11.3 Å². The number of nitriles is 1. The van der Waals surface area contributed by atoms with Gasteiger partial charge >= 0.3 is 0 Å². The predicted molar refractivity (Wildman–Crippen MR) is 107 cm³/mol. The third kappa shape index (κ3) is 3.33. The van der Waals surface area contributed by atoms with Crippen molar-refractivity contribution < 1.29 is 4.79 Å². The standard InChI is InChI=1S/C21H16N4OS/c1-24(17-9-5-6-15(10-17)12-22)20(26)11-18-14-27-21-23-19(13-25(18)21)16-7-3-2-4-8-16/h2-10,13-14H,11H2,1H3. The minimum Gasteiger partial charge on any atom is -0.315 e. The lowest BCUT2D eigenvalue weighted by molar-refractivity contribution is -0.117. The van der Waals surface area contributed by atoms with Gasteiger partial charge in [0.2, 0.25) is 5.91 Å². The highest BCUT2D eigenvalue weighted by molar-refractivity contribution is 7.15. The normalized spacial score (nSPS) is 10.7. The third-order valence-electron chi connectivity index (χ3n) is 4.42. The third-order valence-corrected chi connectivity index (χ3v) is 5.31. The molecule has 0 aliphatic heterocycles. The zero-order valence-electron chi connectivity index (χ0n) is 14.7. The molecule has 0 fully saturated rings. The van der Waals surface area contributed by atoms with Crippen LogP contribution in [-0.4, -0.2) is 22.3 Å². The van der Waals surface area contributed by atoms with Gasteiger partial charge in [-0.3, -0.25) is 9.20 Å². The van der Waals surface area contributed by atoms with E-state index in [9.17, 15) is 4.79 Å². The molecule has 4 rings (SSSR count). The molecular formula is C21H16N4OS. The van der Waals surface area contributed by atoms with Crippen molar-refractivity contribution in [1.29, 1.82) is 5.26 Å². The fraction of sp³-hybridized carbons (Fsp3) is 0.0952. The highest BCUT2D eigenvalue weighted by Gasteiger charge is 2.16. The maximum Gasteiger partial charge on any atom is 0.232 e. The Morgan fingerprint density at radius 2 is 2.04 bits per heavy atom. The number of amides is 1. The monoisotopic (exact) mass is 372 g/mol. The molecule has 5 nitrogen and oxygen atoms in total. The van der Waals surface area contributed by atoms with Crippen LogP contribution in [0.2, 0.25) is 0 Å². The molecule has 0 bridgehead atoms. The molecule has 0 radical (unpaired) electrons. The van der Waals surface area contributed by atoms with Crippen LogP contribution in [0.3, 0.4) is 0 Å². The Bertz CT molecular complexity index is 1150. The maximum atomic E-state index is 12.7. The van der Waals surface area contributed by atoms with Gasteiger partial charge in [0.25, 0.3) is 0 Å². The molecule has 0 aliphatic carbocycles. The molecule has 0 N–H and O–H groups in total. The summed E-state index contributed by atoms with van der Waals surface area (Å²) >= 11 is 1.52. The number of carbonyl (C=O) groups excluding carboxylic acids is 1. The second kappa shape index (κ2) is 7.06. The average Bonchev–Trinajstić information content (AvgIpc) is 3.30. The van der Waals surface area contributed by atoms with Gasteiger partial charge in [0.05, 0.1) is 23.7 Å². The first-order valence-electron chi connectivity index (χ1n) is 8.43. The number of aromatic nitrogens is 2. The van der Waals surface area contributed by atoms with Crippen molar-refractivity contribution in [3.05, 3.63) is 77.4 Å². The van der Waals surface area contributed by atoms with Crippen molar-refractivity contribution >= 4 is 27.9 Å². The highest BCUT2D eigenvalue weighted by Crippen LogP contribution is 2.24. The molecule has 2 heterocycles. The van der Waals surface area contributed by atoms with E-state index in [1.807, 2.05) is 52.4 Å². The Morgan fingerprint density at radius 3 is 2.81 bits per heavy atom. The van der Waals surface area contributed by atoms with Gasteiger partial charge in [-0.15, -0.1) is 11.3 Å². The fourth-order valence-corrected chi connectivity index (χ4v) is 3.78. The molecule has 0 saturated heterocycles. The number of fused-ring (bicyclic) bond motifs is 1. The number of nitrogens with zero attached hydrogens (tertiary/aromatic N) is 4. The van der Waals surface area contributed by atoms with Gasteiger partial charge in [0.15, 0.2) is 4.96 Å². The summed E-state index contributed by atoms with van der Waals surface area (Å²) in [5.74, 6) is -0.0419. The van der Waals surface area contributed by atoms with Crippen molar-refractivity contribution in [3.8, 4) is 17.3 Å². The quantitative estimate of drug-likeness (QED) is 0.541. The molecular weight excluding hydrogens is 356 g/mol. The summed E-state index contributed by atoms with van der Waals surface area (Å²) < 4.78 is 1.98. The number of likely N-dealkylation sites (N-methyl/N-ethyl adjacent to an activating group) is 1. The average molecular weight is 372 g/mol. The Hall–Kier alpha value is -3.43. The van der Waals surface area contributed by atoms with E-state index in [1.165, 1.54) is 11.3 Å². The number of imidazole rings is 1. The summed E-state index contributed by atoms with van der Waals surface area (Å²) in [6.45, 7) is 0. The zero-order valence-corrected chi connectivity index (χ0v) is 15.5. The topological polar surface area (TPSA) is 61.4 Å². The summed E-state index contributed by atoms with van der Waals surface area (Å²) in [4.78, 5) is 19.9. The largest absolute Gasteiger partial charge is 0.315 e. The summed E-state index contributed by atoms with van der Waals surface area (Å²) in [5, 5.41) is 11.0. The lowest BCUT2D eigenvalue weighted by Crippen LogP contribution is -2.28. The van der Waals surface area contributed by atoms with E-state index in [-0.39, 0.29) is 12.3 Å². The number of anilines is 1. The highest BCUT2D eigenvalue weighted by atomic mass is 32.1. The Balaban J connectivity index is 1.58. The molecule has 0 unspecified atom stereocenters. The molecule has 1 amide bonds. The van der Waals surface area contributed by atoms with Crippen LogP contribution in [0.15, 0.2) is 66.2 Å². The number of rotatable bonds is 4. The zero-order chi connectivity index (χ0) is 18.8. The van der Waals surface area contributed by atoms with Gasteiger partial charge in [-0.1, -0.05) is 36.4 Å². The van der Waals surface area contributed by atoms with Crippen LogP contribution in [0.4, 0.5) is 5.69 Å². The van der Waals surface area contributed by atoms with Crippen molar-refractivity contribution in [2.24, 2.45) is 0 Å². The van der Waals surface area contributed by atoms with Crippen molar-refractivity contribution in [1.82, 2.24) is 9.38 Å². The molecule has 4 aromatic rings. The molecule has 2 aromatic carbocycles. The predicted octanol–water partition coefficient (Wildman–Crippen LogP) is 4.14. The molecule has 0 aliphatic rings. The van der Waals surface area contributed by atoms with E-state index >= 15 is 0 Å². The van der Waals surface area contributed by atoms with E-state index < -0.39 is 0 Å². The van der Waals surface area contributed by atoms with Crippen molar-refractivity contribution in [2.45, 2.75) is 6.42 Å². The second-order valence-corrected chi connectivity index (χ2v) is 7.00. The Kier molecular flexibility index (Phi) is 4.45. The minimum atomic E-state index is -0.0419. The lowest BCUT2D eigenvalue weighted by Gasteiger charge is -2.17. The first-order chi connectivity index (χ1) is 13.2. The van der Waals surface area contributed by atoms with Gasteiger partial charge in [-0.2, -0.15) is 5.26 Å². The van der Waals surface area contributed by atoms with Crippen molar-refractivity contribution in [3.63, 3.8) is 0 Å². The Morgan fingerprint density at radius 1 is 1.22 bits per heavy atom. The maximum absolute atomic E-state index is 12.7. The van der Waals surface area contributed by atoms with Gasteiger partial charge in [-0.05, 0) is 18.2 Å². The number of hydrogen-bond acceptors (Lipinski definition) is 4. The molecule has 2 aromatic heterocycles. The summed E-state index contributed by atoms with van der Waals surface area (Å²) in [7, 11) is 1.73. The lowest BCUT2D eigenvalue weighted by atomic mass is 10.2. The molecule has 132 valence electrons. The summed E-state index contributed by atoms with van der Waals surface area (Å²) in [5.41, 5.74) is 4.09. The van der Waals surface area contributed by atoms with E-state index in [0.29, 0.717) is 11.3 Å². The first kappa shape index (κ1) is 17.0. The van der Waals surface area contributed by atoms with Crippen molar-refractivity contribution in [2.75, 3.05) is 11.9 Å². The van der Waals surface area contributed by atoms with E-state index in [1.54, 1.807) is 30.1 Å². The SMILES string of the molecule is CN(C(=O)Cc1csc2nc(-c3ccccc3)cn12)c1cccc(C#N)c1. The fourth-order valence-electron chi connectivity index (χ4n) is 2.91. The number of benzene rings is 2. The smallest absolute Gasteiger partial charge is 0.232 e. The first-order valence-corrected chi connectivity index (χ1v) is 9.31. The molecule has 0 atom stereocenters. The number of thiazole rings is 1. The Labute approximate surface area is 160 Å². The van der Waals surface area contributed by atoms with Gasteiger partial charge in [0, 0.05) is 35.6 Å². The molecule has 0 spiro atoms. The molecule has 0 saturated carbocycles. The van der Waals surface area contributed by atoms with Crippen LogP contribution >= 0.6 is 11.3 Å². The van der Waals surface area contributed by atoms with Gasteiger partial charge in [-0.25, -0.2) is 4.98 Å². The molecule has 27 heavy (non-hydrogen) atoms. The minimum absolute atomic E-state index is 0.0419. The van der Waals surface area contributed by atoms with E-state index in [4.69, 9.17) is 5.26 Å². The van der Waals surface area contributed by atoms with Crippen LogP contribution < -0.4 is 4.90 Å². The number of hydrogen-bond donors (Lipinski definition) is 0. The summed E-state index contributed by atoms with van der Waals surface area (Å²) in [6.07, 6.45) is 2.23. The summed E-state index contributed by atoms with van der Waals surface area (Å²) in [6, 6.07) is 19.1.